The zero-order valence-electron chi connectivity index (χ0n) is 11.3. The predicted molar refractivity (Wildman–Crippen MR) is 77.8 cm³/mol. The van der Waals surface area contributed by atoms with E-state index in [0.29, 0.717) is 11.9 Å². The summed E-state index contributed by atoms with van der Waals surface area (Å²) in [6.45, 7) is 0.790. The van der Waals surface area contributed by atoms with Gasteiger partial charge in [0.05, 0.1) is 0 Å². The zero-order valence-corrected chi connectivity index (χ0v) is 12.1. The highest BCUT2D eigenvalue weighted by molar-refractivity contribution is 7.07. The van der Waals surface area contributed by atoms with Crippen molar-refractivity contribution in [3.8, 4) is 0 Å². The van der Waals surface area contributed by atoms with Gasteiger partial charge in [0.1, 0.15) is 0 Å². The van der Waals surface area contributed by atoms with Crippen molar-refractivity contribution in [2.24, 2.45) is 11.7 Å². The van der Waals surface area contributed by atoms with E-state index in [4.69, 9.17) is 5.73 Å². The maximum Gasteiger partial charge on any atom is 0.226 e. The van der Waals surface area contributed by atoms with Crippen LogP contribution in [0.1, 0.15) is 44.1 Å². The summed E-state index contributed by atoms with van der Waals surface area (Å²) in [5, 5.41) is 4.23. The van der Waals surface area contributed by atoms with Crippen molar-refractivity contribution in [1.82, 2.24) is 4.90 Å². The molecule has 4 heteroatoms. The number of hydrogen-bond donors (Lipinski definition) is 1. The lowest BCUT2D eigenvalue weighted by Crippen LogP contribution is -2.41. The Balaban J connectivity index is 1.67. The summed E-state index contributed by atoms with van der Waals surface area (Å²) in [7, 11) is 0. The van der Waals surface area contributed by atoms with Crippen molar-refractivity contribution in [3.05, 3.63) is 22.4 Å². The molecule has 1 amide bonds. The average molecular weight is 278 g/mol. The first kappa shape index (κ1) is 13.1. The van der Waals surface area contributed by atoms with Crippen molar-refractivity contribution in [3.63, 3.8) is 0 Å². The first-order valence-electron chi connectivity index (χ1n) is 7.31. The number of thiophene rings is 1. The molecule has 1 aromatic rings. The fourth-order valence-corrected chi connectivity index (χ4v) is 3.70. The van der Waals surface area contributed by atoms with Crippen molar-refractivity contribution in [1.29, 1.82) is 0 Å². The smallest absolute Gasteiger partial charge is 0.226 e. The molecule has 0 aliphatic heterocycles. The van der Waals surface area contributed by atoms with Crippen molar-refractivity contribution in [2.45, 2.75) is 57.2 Å². The van der Waals surface area contributed by atoms with Gasteiger partial charge in [0.2, 0.25) is 5.91 Å². The van der Waals surface area contributed by atoms with E-state index < -0.39 is 0 Å². The lowest BCUT2D eigenvalue weighted by Gasteiger charge is -2.31. The van der Waals surface area contributed by atoms with Crippen LogP contribution in [-0.2, 0) is 11.3 Å². The van der Waals surface area contributed by atoms with Crippen LogP contribution < -0.4 is 5.73 Å². The fraction of sp³-hybridized carbons (Fsp3) is 0.667. The summed E-state index contributed by atoms with van der Waals surface area (Å²) in [6, 6.07) is 2.84. The second-order valence-corrected chi connectivity index (χ2v) is 6.73. The van der Waals surface area contributed by atoms with Crippen LogP contribution in [0.2, 0.25) is 0 Å². The molecule has 2 aliphatic carbocycles. The molecule has 3 nitrogen and oxygen atoms in total. The van der Waals surface area contributed by atoms with Gasteiger partial charge in [-0.15, -0.1) is 0 Å². The molecule has 1 heterocycles. The molecule has 104 valence electrons. The Morgan fingerprint density at radius 2 is 2.21 bits per heavy atom. The molecule has 19 heavy (non-hydrogen) atoms. The minimum absolute atomic E-state index is 0.169. The van der Waals surface area contributed by atoms with Gasteiger partial charge < -0.3 is 10.6 Å². The average Bonchev–Trinajstić information content (AvgIpc) is 3.12. The van der Waals surface area contributed by atoms with Crippen LogP contribution in [-0.4, -0.2) is 22.9 Å². The normalized spacial score (nSPS) is 27.2. The van der Waals surface area contributed by atoms with Crippen LogP contribution in [0.25, 0.3) is 0 Å². The lowest BCUT2D eigenvalue weighted by atomic mass is 9.85. The molecular formula is C15H22N2OS. The molecule has 0 aromatic carbocycles. The van der Waals surface area contributed by atoms with Crippen LogP contribution in [0.15, 0.2) is 16.8 Å². The maximum atomic E-state index is 12.7. The number of nitrogens with two attached hydrogens (primary N) is 1. The largest absolute Gasteiger partial charge is 0.335 e. The second kappa shape index (κ2) is 5.63. The van der Waals surface area contributed by atoms with Crippen LogP contribution in [0.5, 0.6) is 0 Å². The van der Waals surface area contributed by atoms with Crippen molar-refractivity contribution >= 4 is 17.2 Å². The SMILES string of the molecule is NC1CCCC(C(=O)N(Cc2ccsc2)C2CC2)C1. The van der Waals surface area contributed by atoms with Crippen LogP contribution in [0, 0.1) is 5.92 Å². The van der Waals surface area contributed by atoms with Gasteiger partial charge in [-0.05, 0) is 54.5 Å². The summed E-state index contributed by atoms with van der Waals surface area (Å²) in [6.07, 6.45) is 6.45. The molecule has 2 aliphatic rings. The van der Waals surface area contributed by atoms with Gasteiger partial charge in [-0.2, -0.15) is 11.3 Å². The number of rotatable bonds is 4. The Labute approximate surface area is 118 Å². The molecule has 3 rings (SSSR count). The van der Waals surface area contributed by atoms with Gasteiger partial charge in [-0.3, -0.25) is 4.79 Å². The summed E-state index contributed by atoms with van der Waals surface area (Å²) in [5.74, 6) is 0.520. The minimum Gasteiger partial charge on any atom is -0.335 e. The molecule has 2 saturated carbocycles. The van der Waals surface area contributed by atoms with E-state index in [1.54, 1.807) is 11.3 Å². The van der Waals surface area contributed by atoms with Gasteiger partial charge in [0.15, 0.2) is 0 Å². The third-order valence-corrected chi connectivity index (χ3v) is 5.00. The monoisotopic (exact) mass is 278 g/mol. The molecular weight excluding hydrogens is 256 g/mol. The third-order valence-electron chi connectivity index (χ3n) is 4.27. The molecule has 2 atom stereocenters. The van der Waals surface area contributed by atoms with Gasteiger partial charge in [-0.25, -0.2) is 0 Å². The standard InChI is InChI=1S/C15H22N2OS/c16-13-3-1-2-12(8-13)15(18)17(14-4-5-14)9-11-6-7-19-10-11/h6-7,10,12-14H,1-5,8-9,16H2. The lowest BCUT2D eigenvalue weighted by molar-refractivity contribution is -0.138. The number of nitrogens with zero attached hydrogens (tertiary/aromatic N) is 1. The molecule has 2 fully saturated rings. The van der Waals surface area contributed by atoms with E-state index >= 15 is 0 Å². The van der Waals surface area contributed by atoms with Gasteiger partial charge >= 0.3 is 0 Å². The van der Waals surface area contributed by atoms with Gasteiger partial charge in [-0.1, -0.05) is 6.42 Å². The maximum absolute atomic E-state index is 12.7. The molecule has 2 N–H and O–H groups in total. The quantitative estimate of drug-likeness (QED) is 0.920. The number of amides is 1. The predicted octanol–water partition coefficient (Wildman–Crippen LogP) is 2.76. The number of carbonyl (C=O) groups excluding carboxylic acids is 1. The summed E-state index contributed by atoms with van der Waals surface area (Å²) in [5.41, 5.74) is 7.29. The number of hydrogen-bond acceptors (Lipinski definition) is 3. The molecule has 1 aromatic heterocycles. The highest BCUT2D eigenvalue weighted by Gasteiger charge is 2.37. The Kier molecular flexibility index (Phi) is 3.89. The fourth-order valence-electron chi connectivity index (χ4n) is 3.04. The minimum atomic E-state index is 0.169. The van der Waals surface area contributed by atoms with Crippen molar-refractivity contribution < 1.29 is 4.79 Å². The Morgan fingerprint density at radius 3 is 2.84 bits per heavy atom. The van der Waals surface area contributed by atoms with Crippen LogP contribution in [0.4, 0.5) is 0 Å². The molecule has 0 radical (unpaired) electrons. The van der Waals surface area contributed by atoms with E-state index in [-0.39, 0.29) is 12.0 Å². The highest BCUT2D eigenvalue weighted by Crippen LogP contribution is 2.33. The van der Waals surface area contributed by atoms with Crippen LogP contribution >= 0.6 is 11.3 Å². The van der Waals surface area contributed by atoms with E-state index in [1.807, 2.05) is 0 Å². The van der Waals surface area contributed by atoms with Crippen LogP contribution in [0.3, 0.4) is 0 Å². The van der Waals surface area contributed by atoms with E-state index in [1.165, 1.54) is 18.4 Å². The molecule has 0 bridgehead atoms. The van der Waals surface area contributed by atoms with Gasteiger partial charge in [0.25, 0.3) is 0 Å². The first-order chi connectivity index (χ1) is 9.24. The molecule has 0 spiro atoms. The molecule has 0 saturated heterocycles. The Bertz CT molecular complexity index is 427. The van der Waals surface area contributed by atoms with E-state index in [0.717, 1.165) is 32.2 Å². The summed E-state index contributed by atoms with van der Waals surface area (Å²) >= 11 is 1.70. The Hall–Kier alpha value is -0.870. The summed E-state index contributed by atoms with van der Waals surface area (Å²) < 4.78 is 0. The van der Waals surface area contributed by atoms with E-state index in [9.17, 15) is 4.79 Å². The summed E-state index contributed by atoms with van der Waals surface area (Å²) in [4.78, 5) is 14.8. The number of carbonyl (C=O) groups is 1. The van der Waals surface area contributed by atoms with Gasteiger partial charge in [0, 0.05) is 24.5 Å². The zero-order chi connectivity index (χ0) is 13.2. The topological polar surface area (TPSA) is 46.3 Å². The van der Waals surface area contributed by atoms with Crippen molar-refractivity contribution in [2.75, 3.05) is 0 Å². The third kappa shape index (κ3) is 3.18. The first-order valence-corrected chi connectivity index (χ1v) is 8.25. The second-order valence-electron chi connectivity index (χ2n) is 5.95. The molecule has 2 unspecified atom stereocenters. The Morgan fingerprint density at radius 1 is 1.37 bits per heavy atom. The highest BCUT2D eigenvalue weighted by atomic mass is 32.1. The van der Waals surface area contributed by atoms with E-state index in [2.05, 4.69) is 21.7 Å².